The van der Waals surface area contributed by atoms with Crippen LogP contribution in [0.3, 0.4) is 0 Å². The highest BCUT2D eigenvalue weighted by Crippen LogP contribution is 2.05. The van der Waals surface area contributed by atoms with Crippen LogP contribution in [0.15, 0.2) is 0 Å². The summed E-state index contributed by atoms with van der Waals surface area (Å²) in [6, 6.07) is 0. The largest absolute Gasteiger partial charge is 0.452 e. The summed E-state index contributed by atoms with van der Waals surface area (Å²) in [5.41, 5.74) is 5.41. The predicted molar refractivity (Wildman–Crippen MR) is 69.3 cm³/mol. The lowest BCUT2D eigenvalue weighted by Crippen LogP contribution is -2.53. The minimum absolute atomic E-state index is 0.273. The number of carbonyl (C=O) groups is 1. The number of nitrogens with zero attached hydrogens (tertiary/aromatic N) is 2. The lowest BCUT2D eigenvalue weighted by molar-refractivity contribution is 0.174. The van der Waals surface area contributed by atoms with Gasteiger partial charge in [0, 0.05) is 32.7 Å². The van der Waals surface area contributed by atoms with Crippen LogP contribution in [0, 0.1) is 0 Å². The zero-order valence-electron chi connectivity index (χ0n) is 9.96. The monoisotopic (exact) mass is 296 g/mol. The summed E-state index contributed by atoms with van der Waals surface area (Å²) in [5, 5.41) is 0. The third kappa shape index (κ3) is 4.37. The zero-order valence-corrected chi connectivity index (χ0v) is 11.6. The molecule has 1 saturated heterocycles. The van der Waals surface area contributed by atoms with Crippen LogP contribution in [0.1, 0.15) is 0 Å². The van der Waals surface area contributed by atoms with Crippen LogP contribution >= 0.6 is 12.2 Å². The van der Waals surface area contributed by atoms with E-state index in [0.717, 1.165) is 7.11 Å². The van der Waals surface area contributed by atoms with Crippen molar-refractivity contribution in [1.82, 2.24) is 13.9 Å². The van der Waals surface area contributed by atoms with E-state index in [4.69, 9.17) is 18.0 Å². The zero-order chi connectivity index (χ0) is 13.8. The minimum atomic E-state index is -3.83. The Morgan fingerprint density at radius 2 is 1.94 bits per heavy atom. The number of ether oxygens (including phenoxy) is 1. The number of hydrogen-bond donors (Lipinski definition) is 2. The highest BCUT2D eigenvalue weighted by Gasteiger charge is 2.28. The highest BCUT2D eigenvalue weighted by molar-refractivity contribution is 7.87. The second kappa shape index (κ2) is 6.27. The Balaban J connectivity index is 2.51. The molecule has 0 bridgehead atoms. The number of amides is 1. The fourth-order valence-electron chi connectivity index (χ4n) is 1.56. The van der Waals surface area contributed by atoms with Crippen molar-refractivity contribution < 1.29 is 17.9 Å². The van der Waals surface area contributed by atoms with Gasteiger partial charge in [0.2, 0.25) is 0 Å². The molecule has 0 aromatic rings. The van der Waals surface area contributed by atoms with E-state index < -0.39 is 16.3 Å². The van der Waals surface area contributed by atoms with Gasteiger partial charge < -0.3 is 10.5 Å². The summed E-state index contributed by atoms with van der Waals surface area (Å²) in [5.74, 6) is 0. The van der Waals surface area contributed by atoms with Crippen LogP contribution in [0.2, 0.25) is 0 Å². The lowest BCUT2D eigenvalue weighted by atomic mass is 10.3. The maximum absolute atomic E-state index is 11.7. The Kier molecular flexibility index (Phi) is 5.26. The SMILES string of the molecule is COC(=O)NS(=O)(=O)N1CCN(CC(N)=S)CC1. The first kappa shape index (κ1) is 15.1. The first-order chi connectivity index (χ1) is 8.35. The smallest absolute Gasteiger partial charge is 0.421 e. The molecule has 3 N–H and O–H groups in total. The van der Waals surface area contributed by atoms with Gasteiger partial charge in [-0.05, 0) is 0 Å². The van der Waals surface area contributed by atoms with E-state index in [1.807, 2.05) is 4.90 Å². The number of methoxy groups -OCH3 is 1. The van der Waals surface area contributed by atoms with Crippen molar-refractivity contribution in [2.75, 3.05) is 39.8 Å². The van der Waals surface area contributed by atoms with Crippen molar-refractivity contribution in [3.63, 3.8) is 0 Å². The number of rotatable bonds is 4. The van der Waals surface area contributed by atoms with E-state index in [-0.39, 0.29) is 13.1 Å². The molecule has 1 amide bonds. The molecular formula is C8H16N4O4S2. The average molecular weight is 296 g/mol. The number of hydrogen-bond acceptors (Lipinski definition) is 6. The molecular weight excluding hydrogens is 280 g/mol. The third-order valence-corrected chi connectivity index (χ3v) is 4.05. The quantitative estimate of drug-likeness (QED) is 0.608. The predicted octanol–water partition coefficient (Wildman–Crippen LogP) is -1.51. The summed E-state index contributed by atoms with van der Waals surface area (Å²) < 4.78 is 30.7. The van der Waals surface area contributed by atoms with Crippen molar-refractivity contribution >= 4 is 33.5 Å². The molecule has 18 heavy (non-hydrogen) atoms. The summed E-state index contributed by atoms with van der Waals surface area (Å²) >= 11 is 4.78. The van der Waals surface area contributed by atoms with Gasteiger partial charge in [0.05, 0.1) is 12.1 Å². The molecule has 0 unspecified atom stereocenters. The molecule has 0 aromatic heterocycles. The molecule has 0 radical (unpaired) electrons. The molecule has 0 saturated carbocycles. The van der Waals surface area contributed by atoms with Crippen molar-refractivity contribution in [1.29, 1.82) is 0 Å². The molecule has 104 valence electrons. The van der Waals surface area contributed by atoms with Gasteiger partial charge in [-0.25, -0.2) is 9.52 Å². The van der Waals surface area contributed by atoms with E-state index in [9.17, 15) is 13.2 Å². The topological polar surface area (TPSA) is 105 Å². The second-order valence-electron chi connectivity index (χ2n) is 3.74. The van der Waals surface area contributed by atoms with Gasteiger partial charge >= 0.3 is 16.3 Å². The van der Waals surface area contributed by atoms with Gasteiger partial charge in [0.25, 0.3) is 0 Å². The van der Waals surface area contributed by atoms with E-state index >= 15 is 0 Å². The number of carbonyl (C=O) groups excluding carboxylic acids is 1. The fraction of sp³-hybridized carbons (Fsp3) is 0.750. The van der Waals surface area contributed by atoms with E-state index in [0.29, 0.717) is 24.6 Å². The maximum atomic E-state index is 11.7. The van der Waals surface area contributed by atoms with Crippen LogP contribution in [0.5, 0.6) is 0 Å². The number of thiocarbonyl (C=S) groups is 1. The second-order valence-corrected chi connectivity index (χ2v) is 5.94. The van der Waals surface area contributed by atoms with Crippen LogP contribution in [-0.4, -0.2) is 68.5 Å². The van der Waals surface area contributed by atoms with Crippen LogP contribution in [0.25, 0.3) is 0 Å². The van der Waals surface area contributed by atoms with Crippen molar-refractivity contribution in [2.45, 2.75) is 0 Å². The molecule has 10 heteroatoms. The van der Waals surface area contributed by atoms with Gasteiger partial charge in [-0.2, -0.15) is 12.7 Å². The average Bonchev–Trinajstić information content (AvgIpc) is 2.28. The highest BCUT2D eigenvalue weighted by atomic mass is 32.2. The Bertz CT molecular complexity index is 417. The van der Waals surface area contributed by atoms with Crippen molar-refractivity contribution in [2.24, 2.45) is 5.73 Å². The Morgan fingerprint density at radius 1 is 1.39 bits per heavy atom. The van der Waals surface area contributed by atoms with Gasteiger partial charge in [0.1, 0.15) is 0 Å². The molecule has 1 aliphatic heterocycles. The lowest BCUT2D eigenvalue weighted by Gasteiger charge is -2.33. The van der Waals surface area contributed by atoms with E-state index in [1.54, 1.807) is 4.72 Å². The summed E-state index contributed by atoms with van der Waals surface area (Å²) in [7, 11) is -2.73. The molecule has 1 aliphatic rings. The van der Waals surface area contributed by atoms with Gasteiger partial charge in [-0.15, -0.1) is 0 Å². The molecule has 8 nitrogen and oxygen atoms in total. The van der Waals surface area contributed by atoms with Gasteiger partial charge in [0.15, 0.2) is 0 Å². The van der Waals surface area contributed by atoms with Crippen LogP contribution in [-0.2, 0) is 14.9 Å². The van der Waals surface area contributed by atoms with E-state index in [1.165, 1.54) is 4.31 Å². The third-order valence-electron chi connectivity index (χ3n) is 2.45. The number of piperazine rings is 1. The minimum Gasteiger partial charge on any atom is -0.452 e. The molecule has 1 rings (SSSR count). The molecule has 0 aliphatic carbocycles. The van der Waals surface area contributed by atoms with Crippen LogP contribution in [0.4, 0.5) is 4.79 Å². The molecule has 0 atom stereocenters. The summed E-state index contributed by atoms with van der Waals surface area (Å²) in [4.78, 5) is 13.2. The summed E-state index contributed by atoms with van der Waals surface area (Å²) in [6.07, 6.45) is -0.999. The van der Waals surface area contributed by atoms with Gasteiger partial charge in [-0.3, -0.25) is 4.90 Å². The normalized spacial score (nSPS) is 18.3. The number of nitrogens with one attached hydrogen (secondary N) is 1. The Labute approximate surface area is 111 Å². The van der Waals surface area contributed by atoms with Crippen LogP contribution < -0.4 is 10.5 Å². The van der Waals surface area contributed by atoms with Gasteiger partial charge in [-0.1, -0.05) is 12.2 Å². The Morgan fingerprint density at radius 3 is 2.39 bits per heavy atom. The standard InChI is InChI=1S/C8H16N4O4S2/c1-16-8(13)10-18(14,15)12-4-2-11(3-5-12)6-7(9)17/h2-6H2,1H3,(H2,9,17)(H,10,13). The summed E-state index contributed by atoms with van der Waals surface area (Å²) in [6.45, 7) is 2.04. The van der Waals surface area contributed by atoms with Crippen molar-refractivity contribution in [3.8, 4) is 0 Å². The molecule has 1 heterocycles. The number of nitrogens with two attached hydrogens (primary N) is 1. The fourth-order valence-corrected chi connectivity index (χ4v) is 2.81. The first-order valence-electron chi connectivity index (χ1n) is 5.21. The Hall–Kier alpha value is -0.970. The molecule has 1 fully saturated rings. The van der Waals surface area contributed by atoms with Crippen molar-refractivity contribution in [3.05, 3.63) is 0 Å². The molecule has 0 aromatic carbocycles. The maximum Gasteiger partial charge on any atom is 0.421 e. The first-order valence-corrected chi connectivity index (χ1v) is 7.06. The molecule has 0 spiro atoms. The van der Waals surface area contributed by atoms with E-state index in [2.05, 4.69) is 4.74 Å².